The molecule has 13 heavy (non-hydrogen) atoms. The highest BCUT2D eigenvalue weighted by Gasteiger charge is 2.07. The predicted molar refractivity (Wildman–Crippen MR) is 51.5 cm³/mol. The summed E-state index contributed by atoms with van der Waals surface area (Å²) >= 11 is 0. The van der Waals surface area contributed by atoms with Gasteiger partial charge >= 0.3 is 0 Å². The van der Waals surface area contributed by atoms with Gasteiger partial charge < -0.3 is 5.73 Å². The van der Waals surface area contributed by atoms with Crippen molar-refractivity contribution in [2.45, 2.75) is 20.3 Å². The Hall–Kier alpha value is -1.58. The first-order valence-corrected chi connectivity index (χ1v) is 4.32. The number of nitrogens with two attached hydrogens (primary N) is 1. The maximum Gasteiger partial charge on any atom is 0.157 e. The molecule has 2 rings (SSSR count). The van der Waals surface area contributed by atoms with Crippen molar-refractivity contribution in [3.8, 4) is 0 Å². The normalized spacial score (nSPS) is 10.9. The Balaban J connectivity index is 2.83. The summed E-state index contributed by atoms with van der Waals surface area (Å²) in [4.78, 5) is 4.43. The van der Waals surface area contributed by atoms with Crippen LogP contribution >= 0.6 is 0 Å². The average Bonchev–Trinajstić information content (AvgIpc) is 2.59. The van der Waals surface area contributed by atoms with Crippen molar-refractivity contribution in [2.24, 2.45) is 0 Å². The number of aromatic nitrogens is 3. The zero-order valence-corrected chi connectivity index (χ0v) is 7.78. The van der Waals surface area contributed by atoms with E-state index in [0.29, 0.717) is 5.82 Å². The third-order valence-electron chi connectivity index (χ3n) is 2.25. The first-order chi connectivity index (χ1) is 6.24. The van der Waals surface area contributed by atoms with Crippen LogP contribution in [0.25, 0.3) is 5.65 Å². The van der Waals surface area contributed by atoms with E-state index in [2.05, 4.69) is 17.0 Å². The summed E-state index contributed by atoms with van der Waals surface area (Å²) in [7, 11) is 0. The van der Waals surface area contributed by atoms with E-state index in [0.717, 1.165) is 23.3 Å². The number of aryl methyl sites for hydroxylation is 1. The first kappa shape index (κ1) is 8.04. The predicted octanol–water partition coefficient (Wildman–Crippen LogP) is 1.18. The molecular formula is C9H12N4. The number of nitrogen functional groups attached to an aromatic ring is 1. The monoisotopic (exact) mass is 176 g/mol. The maximum absolute atomic E-state index is 5.90. The summed E-state index contributed by atoms with van der Waals surface area (Å²) in [6.07, 6.45) is 2.61. The van der Waals surface area contributed by atoms with Gasteiger partial charge in [-0.3, -0.25) is 0 Å². The van der Waals surface area contributed by atoms with Crippen molar-refractivity contribution < 1.29 is 0 Å². The summed E-state index contributed by atoms with van der Waals surface area (Å²) in [5, 5.41) is 4.08. The van der Waals surface area contributed by atoms with Crippen molar-refractivity contribution in [1.29, 1.82) is 0 Å². The van der Waals surface area contributed by atoms with Crippen LogP contribution < -0.4 is 5.73 Å². The van der Waals surface area contributed by atoms with E-state index >= 15 is 0 Å². The molecule has 2 heterocycles. The van der Waals surface area contributed by atoms with E-state index < -0.39 is 0 Å². The third kappa shape index (κ3) is 1.06. The van der Waals surface area contributed by atoms with Gasteiger partial charge in [0.15, 0.2) is 5.65 Å². The molecule has 0 fully saturated rings. The molecule has 0 aliphatic carbocycles. The van der Waals surface area contributed by atoms with Gasteiger partial charge in [-0.15, -0.1) is 0 Å². The number of rotatable bonds is 1. The van der Waals surface area contributed by atoms with Gasteiger partial charge in [-0.2, -0.15) is 9.61 Å². The quantitative estimate of drug-likeness (QED) is 0.709. The second-order valence-corrected chi connectivity index (χ2v) is 3.02. The Labute approximate surface area is 76.4 Å². The van der Waals surface area contributed by atoms with Crippen LogP contribution in [0.4, 0.5) is 5.82 Å². The van der Waals surface area contributed by atoms with Gasteiger partial charge in [0.05, 0.1) is 6.20 Å². The van der Waals surface area contributed by atoms with E-state index in [1.807, 2.05) is 13.0 Å². The third-order valence-corrected chi connectivity index (χ3v) is 2.25. The van der Waals surface area contributed by atoms with E-state index in [1.54, 1.807) is 10.7 Å². The average molecular weight is 176 g/mol. The number of fused-ring (bicyclic) bond motifs is 1. The maximum atomic E-state index is 5.90. The molecule has 2 aromatic heterocycles. The largest absolute Gasteiger partial charge is 0.383 e. The molecule has 4 heteroatoms. The molecule has 0 bridgehead atoms. The summed E-state index contributed by atoms with van der Waals surface area (Å²) in [5.74, 6) is 0.687. The molecule has 68 valence electrons. The SMILES string of the molecule is CCc1nc2ccnn2c(N)c1C. The van der Waals surface area contributed by atoms with Crippen LogP contribution in [0.3, 0.4) is 0 Å². The molecule has 0 radical (unpaired) electrons. The van der Waals surface area contributed by atoms with Gasteiger partial charge in [-0.25, -0.2) is 4.98 Å². The van der Waals surface area contributed by atoms with Gasteiger partial charge in [0.1, 0.15) is 5.82 Å². The van der Waals surface area contributed by atoms with Crippen LogP contribution in [-0.2, 0) is 6.42 Å². The summed E-state index contributed by atoms with van der Waals surface area (Å²) in [6.45, 7) is 4.05. The van der Waals surface area contributed by atoms with Gasteiger partial charge in [-0.05, 0) is 13.3 Å². The van der Waals surface area contributed by atoms with Crippen LogP contribution in [0.15, 0.2) is 12.3 Å². The van der Waals surface area contributed by atoms with E-state index in [9.17, 15) is 0 Å². The zero-order valence-electron chi connectivity index (χ0n) is 7.78. The molecule has 0 atom stereocenters. The van der Waals surface area contributed by atoms with Gasteiger partial charge in [0.2, 0.25) is 0 Å². The minimum atomic E-state index is 0.687. The van der Waals surface area contributed by atoms with Gasteiger partial charge in [0.25, 0.3) is 0 Å². The molecule has 0 aliphatic heterocycles. The second kappa shape index (κ2) is 2.73. The molecule has 0 unspecified atom stereocenters. The minimum absolute atomic E-state index is 0.687. The van der Waals surface area contributed by atoms with E-state index in [4.69, 9.17) is 5.73 Å². The van der Waals surface area contributed by atoms with Crippen LogP contribution in [0, 0.1) is 6.92 Å². The van der Waals surface area contributed by atoms with Crippen molar-refractivity contribution in [2.75, 3.05) is 5.73 Å². The van der Waals surface area contributed by atoms with Crippen LogP contribution in [-0.4, -0.2) is 14.6 Å². The molecule has 0 saturated carbocycles. The Bertz CT molecular complexity index is 444. The summed E-state index contributed by atoms with van der Waals surface area (Å²) in [6, 6.07) is 1.86. The van der Waals surface area contributed by atoms with Crippen LogP contribution in [0.1, 0.15) is 18.2 Å². The fraction of sp³-hybridized carbons (Fsp3) is 0.333. The van der Waals surface area contributed by atoms with Gasteiger partial charge in [0, 0.05) is 17.3 Å². The Morgan fingerprint density at radius 1 is 1.54 bits per heavy atom. The second-order valence-electron chi connectivity index (χ2n) is 3.02. The number of anilines is 1. The molecule has 0 aromatic carbocycles. The van der Waals surface area contributed by atoms with Crippen molar-refractivity contribution in [1.82, 2.24) is 14.6 Å². The number of nitrogens with zero attached hydrogens (tertiary/aromatic N) is 3. The van der Waals surface area contributed by atoms with Crippen molar-refractivity contribution >= 4 is 11.5 Å². The lowest BCUT2D eigenvalue weighted by molar-refractivity contribution is 0.907. The smallest absolute Gasteiger partial charge is 0.157 e. The first-order valence-electron chi connectivity index (χ1n) is 4.32. The lowest BCUT2D eigenvalue weighted by Crippen LogP contribution is -2.06. The minimum Gasteiger partial charge on any atom is -0.383 e. The molecule has 0 saturated heterocycles. The standard InChI is InChI=1S/C9H12N4/c1-3-7-6(2)9(10)13-8(12-7)4-5-11-13/h4-5H,3,10H2,1-2H3. The molecule has 0 amide bonds. The highest BCUT2D eigenvalue weighted by atomic mass is 15.3. The molecule has 0 aliphatic rings. The molecule has 4 nitrogen and oxygen atoms in total. The zero-order chi connectivity index (χ0) is 9.42. The molecule has 2 aromatic rings. The number of hydrogen-bond donors (Lipinski definition) is 1. The van der Waals surface area contributed by atoms with Crippen LogP contribution in [0.2, 0.25) is 0 Å². The molecule has 2 N–H and O–H groups in total. The lowest BCUT2D eigenvalue weighted by atomic mass is 10.2. The van der Waals surface area contributed by atoms with Crippen molar-refractivity contribution in [3.05, 3.63) is 23.5 Å². The van der Waals surface area contributed by atoms with Crippen molar-refractivity contribution in [3.63, 3.8) is 0 Å². The lowest BCUT2D eigenvalue weighted by Gasteiger charge is -2.07. The topological polar surface area (TPSA) is 56.2 Å². The Morgan fingerprint density at radius 2 is 2.31 bits per heavy atom. The van der Waals surface area contributed by atoms with E-state index in [-0.39, 0.29) is 0 Å². The molecule has 0 spiro atoms. The number of hydrogen-bond acceptors (Lipinski definition) is 3. The van der Waals surface area contributed by atoms with Crippen LogP contribution in [0.5, 0.6) is 0 Å². The molecular weight excluding hydrogens is 164 g/mol. The fourth-order valence-corrected chi connectivity index (χ4v) is 1.44. The summed E-state index contributed by atoms with van der Waals surface area (Å²) < 4.78 is 1.66. The van der Waals surface area contributed by atoms with E-state index in [1.165, 1.54) is 0 Å². The Kier molecular flexibility index (Phi) is 1.69. The highest BCUT2D eigenvalue weighted by molar-refractivity contribution is 5.51. The Morgan fingerprint density at radius 3 is 3.00 bits per heavy atom. The summed E-state index contributed by atoms with van der Waals surface area (Å²) in [5.41, 5.74) is 8.79. The fourth-order valence-electron chi connectivity index (χ4n) is 1.44. The highest BCUT2D eigenvalue weighted by Crippen LogP contribution is 2.15. The van der Waals surface area contributed by atoms with Gasteiger partial charge in [-0.1, -0.05) is 6.92 Å².